The predicted octanol–water partition coefficient (Wildman–Crippen LogP) is 4.51. The molecule has 1 aliphatic heterocycles. The average molecular weight is 459 g/mol. The molecule has 1 saturated carbocycles. The maximum atomic E-state index is 14.7. The zero-order valence-corrected chi connectivity index (χ0v) is 19.3. The zero-order valence-electron chi connectivity index (χ0n) is 19.3. The van der Waals surface area contributed by atoms with Crippen LogP contribution in [0.4, 0.5) is 15.9 Å². The lowest BCUT2D eigenvalue weighted by Crippen LogP contribution is -2.23. The van der Waals surface area contributed by atoms with Crippen LogP contribution in [0.3, 0.4) is 0 Å². The molecule has 174 valence electrons. The molecule has 2 N–H and O–H groups in total. The lowest BCUT2D eigenvalue weighted by atomic mass is 10.0. The van der Waals surface area contributed by atoms with Crippen LogP contribution in [0.15, 0.2) is 53.5 Å². The maximum absolute atomic E-state index is 14.7. The van der Waals surface area contributed by atoms with Crippen LogP contribution in [0.5, 0.6) is 0 Å². The van der Waals surface area contributed by atoms with Crippen molar-refractivity contribution >= 4 is 22.5 Å². The van der Waals surface area contributed by atoms with Gasteiger partial charge in [0.05, 0.1) is 22.8 Å². The summed E-state index contributed by atoms with van der Waals surface area (Å²) >= 11 is 0. The van der Waals surface area contributed by atoms with Crippen LogP contribution in [0, 0.1) is 0 Å². The van der Waals surface area contributed by atoms with Crippen LogP contribution in [-0.4, -0.2) is 25.9 Å². The Bertz CT molecular complexity index is 1460. The monoisotopic (exact) mass is 458 g/mol. The van der Waals surface area contributed by atoms with Crippen molar-refractivity contribution < 1.29 is 4.39 Å². The summed E-state index contributed by atoms with van der Waals surface area (Å²) in [4.78, 5) is 22.4. The summed E-state index contributed by atoms with van der Waals surface area (Å²) in [5.41, 5.74) is 3.49. The Balaban J connectivity index is 1.46. The number of aromatic nitrogens is 4. The number of pyridine rings is 2. The first-order valence-electron chi connectivity index (χ1n) is 11.8. The van der Waals surface area contributed by atoms with E-state index in [1.54, 1.807) is 23.0 Å². The van der Waals surface area contributed by atoms with Gasteiger partial charge in [0.2, 0.25) is 0 Å². The smallest absolute Gasteiger partial charge is 0.276 e. The van der Waals surface area contributed by atoms with Gasteiger partial charge in [-0.3, -0.25) is 9.78 Å². The van der Waals surface area contributed by atoms with Crippen molar-refractivity contribution in [3.63, 3.8) is 0 Å². The number of halogens is 1. The molecule has 0 amide bonds. The molecule has 0 saturated heterocycles. The predicted molar refractivity (Wildman–Crippen MR) is 131 cm³/mol. The lowest BCUT2D eigenvalue weighted by molar-refractivity contribution is 0.214. The van der Waals surface area contributed by atoms with Gasteiger partial charge in [0, 0.05) is 18.4 Å². The van der Waals surface area contributed by atoms with E-state index in [9.17, 15) is 9.18 Å². The number of alkyl halides is 1. The van der Waals surface area contributed by atoms with Gasteiger partial charge >= 0.3 is 0 Å². The van der Waals surface area contributed by atoms with Gasteiger partial charge in [-0.1, -0.05) is 6.07 Å². The van der Waals surface area contributed by atoms with Gasteiger partial charge in [0.15, 0.2) is 5.65 Å². The first-order valence-corrected chi connectivity index (χ1v) is 11.8. The molecule has 1 aromatic carbocycles. The van der Waals surface area contributed by atoms with Gasteiger partial charge in [0.25, 0.3) is 5.56 Å². The number of benzene rings is 1. The third-order valence-corrected chi connectivity index (χ3v) is 6.58. The highest BCUT2D eigenvalue weighted by atomic mass is 19.1. The van der Waals surface area contributed by atoms with Crippen LogP contribution < -0.4 is 16.2 Å². The van der Waals surface area contributed by atoms with E-state index < -0.39 is 5.67 Å². The zero-order chi connectivity index (χ0) is 23.4. The van der Waals surface area contributed by atoms with Gasteiger partial charge in [0.1, 0.15) is 11.5 Å². The minimum atomic E-state index is -1.59. The molecule has 8 heteroatoms. The van der Waals surface area contributed by atoms with Crippen molar-refractivity contribution in [3.05, 3.63) is 75.8 Å². The Kier molecular flexibility index (Phi) is 4.81. The third-order valence-electron chi connectivity index (χ3n) is 6.58. The topological polar surface area (TPSA) is 76.8 Å². The number of rotatable bonds is 5. The molecule has 3 aromatic heterocycles. The van der Waals surface area contributed by atoms with E-state index in [2.05, 4.69) is 33.8 Å². The van der Waals surface area contributed by atoms with E-state index in [-0.39, 0.29) is 11.6 Å². The van der Waals surface area contributed by atoms with Crippen molar-refractivity contribution in [3.8, 4) is 5.69 Å². The number of hydrogen-bond acceptors (Lipinski definition) is 5. The fourth-order valence-corrected chi connectivity index (χ4v) is 4.64. The standard InChI is InChI=1S/C26H27FN6O/c1-26(2,27)22-14-20(10-12-29-22)32-24-21(25(34)33(32)19-5-6-19)7-8-23(31-24)30-18-4-3-16-9-11-28-15-17(16)13-18/h3-4,7-8,10,12-14,19,28H,5-6,9,11,15H2,1-2H3,(H,30,31). The van der Waals surface area contributed by atoms with Gasteiger partial charge in [-0.2, -0.15) is 0 Å². The molecule has 0 atom stereocenters. The van der Waals surface area contributed by atoms with E-state index in [1.165, 1.54) is 25.0 Å². The summed E-state index contributed by atoms with van der Waals surface area (Å²) in [6.07, 6.45) is 4.50. The normalized spacial score (nSPS) is 16.0. The molecule has 4 aromatic rings. The Morgan fingerprint density at radius 3 is 2.76 bits per heavy atom. The molecule has 7 nitrogen and oxygen atoms in total. The first kappa shape index (κ1) is 21.0. The highest BCUT2D eigenvalue weighted by Gasteiger charge is 2.31. The maximum Gasteiger partial charge on any atom is 0.276 e. The fourth-order valence-electron chi connectivity index (χ4n) is 4.64. The molecule has 2 aliphatic rings. The van der Waals surface area contributed by atoms with Crippen LogP contribution >= 0.6 is 0 Å². The largest absolute Gasteiger partial charge is 0.340 e. The van der Waals surface area contributed by atoms with Gasteiger partial charge in [-0.05, 0) is 87.2 Å². The number of nitrogens with one attached hydrogen (secondary N) is 2. The minimum Gasteiger partial charge on any atom is -0.340 e. The molecule has 6 rings (SSSR count). The van der Waals surface area contributed by atoms with Crippen LogP contribution in [0.1, 0.15) is 49.6 Å². The van der Waals surface area contributed by atoms with E-state index >= 15 is 0 Å². The Morgan fingerprint density at radius 1 is 1.12 bits per heavy atom. The number of fused-ring (bicyclic) bond motifs is 2. The third kappa shape index (κ3) is 3.68. The van der Waals surface area contributed by atoms with Gasteiger partial charge in [-0.15, -0.1) is 0 Å². The molecule has 0 spiro atoms. The summed E-state index contributed by atoms with van der Waals surface area (Å²) in [7, 11) is 0. The summed E-state index contributed by atoms with van der Waals surface area (Å²) in [6.45, 7) is 4.82. The van der Waals surface area contributed by atoms with Crippen LogP contribution in [0.2, 0.25) is 0 Å². The SMILES string of the molecule is CC(C)(F)c1cc(-n2c3nc(Nc4ccc5c(c4)CNCC5)ccc3c(=O)n2C2CC2)ccn1. The van der Waals surface area contributed by atoms with Crippen LogP contribution in [0.25, 0.3) is 16.7 Å². The van der Waals surface area contributed by atoms with Crippen LogP contribution in [-0.2, 0) is 18.6 Å². The molecule has 1 fully saturated rings. The molecule has 0 radical (unpaired) electrons. The fraction of sp³-hybridized carbons (Fsp3) is 0.346. The number of nitrogens with zero attached hydrogens (tertiary/aromatic N) is 4. The first-order chi connectivity index (χ1) is 16.4. The quantitative estimate of drug-likeness (QED) is 0.460. The van der Waals surface area contributed by atoms with E-state index in [1.807, 2.05) is 16.8 Å². The highest BCUT2D eigenvalue weighted by Crippen LogP contribution is 2.36. The van der Waals surface area contributed by atoms with Crippen molar-refractivity contribution in [1.82, 2.24) is 24.6 Å². The second-order valence-electron chi connectivity index (χ2n) is 9.67. The van der Waals surface area contributed by atoms with Gasteiger partial charge in [-0.25, -0.2) is 18.7 Å². The Morgan fingerprint density at radius 2 is 1.97 bits per heavy atom. The summed E-state index contributed by atoms with van der Waals surface area (Å²) in [5, 5.41) is 7.35. The summed E-state index contributed by atoms with van der Waals surface area (Å²) < 4.78 is 18.3. The molecule has 34 heavy (non-hydrogen) atoms. The highest BCUT2D eigenvalue weighted by molar-refractivity contribution is 5.79. The lowest BCUT2D eigenvalue weighted by Gasteiger charge is -2.18. The average Bonchev–Trinajstić information content (AvgIpc) is 3.62. The molecule has 0 bridgehead atoms. The molecule has 4 heterocycles. The van der Waals surface area contributed by atoms with E-state index in [4.69, 9.17) is 4.98 Å². The molecule has 0 unspecified atom stereocenters. The van der Waals surface area contributed by atoms with E-state index in [0.717, 1.165) is 38.0 Å². The minimum absolute atomic E-state index is 0.0747. The summed E-state index contributed by atoms with van der Waals surface area (Å²) in [6, 6.07) is 13.7. The van der Waals surface area contributed by atoms with Gasteiger partial charge < -0.3 is 10.6 Å². The second-order valence-corrected chi connectivity index (χ2v) is 9.67. The number of hydrogen-bond donors (Lipinski definition) is 2. The van der Waals surface area contributed by atoms with Crippen molar-refractivity contribution in [1.29, 1.82) is 0 Å². The van der Waals surface area contributed by atoms with Crippen molar-refractivity contribution in [2.24, 2.45) is 0 Å². The molecule has 1 aliphatic carbocycles. The molecular formula is C26H27FN6O. The van der Waals surface area contributed by atoms with E-state index in [0.29, 0.717) is 28.2 Å². The molecular weight excluding hydrogens is 431 g/mol. The summed E-state index contributed by atoms with van der Waals surface area (Å²) in [5.74, 6) is 0.651. The number of anilines is 2. The second kappa shape index (κ2) is 7.77. The Labute approximate surface area is 196 Å². The van der Waals surface area contributed by atoms with Crippen molar-refractivity contribution in [2.45, 2.75) is 51.4 Å². The van der Waals surface area contributed by atoms with Crippen molar-refractivity contribution in [2.75, 3.05) is 11.9 Å². The Hall–Kier alpha value is -3.52.